The van der Waals surface area contributed by atoms with Gasteiger partial charge in [0.25, 0.3) is 0 Å². The Morgan fingerprint density at radius 2 is 1.95 bits per heavy atom. The quantitative estimate of drug-likeness (QED) is 0.310. The fourth-order valence-corrected chi connectivity index (χ4v) is 5.36. The van der Waals surface area contributed by atoms with E-state index < -0.39 is 12.0 Å². The molecule has 5 rings (SSSR count). The number of ether oxygens (including phenoxy) is 1. The van der Waals surface area contributed by atoms with Gasteiger partial charge in [0, 0.05) is 23.5 Å². The summed E-state index contributed by atoms with van der Waals surface area (Å²) in [4.78, 5) is 4.54. The molecule has 1 aliphatic heterocycles. The Labute approximate surface area is 239 Å². The molecule has 3 atom stereocenters. The molecule has 0 radical (unpaired) electrons. The highest BCUT2D eigenvalue weighted by atomic mass is 35.5. The van der Waals surface area contributed by atoms with E-state index in [1.807, 2.05) is 41.1 Å². The van der Waals surface area contributed by atoms with Gasteiger partial charge in [-0.25, -0.2) is 4.68 Å². The lowest BCUT2D eigenvalue weighted by Crippen LogP contribution is -2.36. The number of hydrogen-bond acceptors (Lipinski definition) is 7. The SMILES string of the molecule is COc1c([C@@H](Nc2cc(Cl)c3c(c2)C(NCC(C)(C)C)C(C#N)C=N3)c2ccccc2Cl)nnn1C1(C)CC1. The Bertz CT molecular complexity index is 1450. The Kier molecular flexibility index (Phi) is 7.36. The zero-order chi connectivity index (χ0) is 27.9. The largest absolute Gasteiger partial charge is 0.480 e. The van der Waals surface area contributed by atoms with Crippen molar-refractivity contribution in [1.29, 1.82) is 5.26 Å². The summed E-state index contributed by atoms with van der Waals surface area (Å²) >= 11 is 13.5. The van der Waals surface area contributed by atoms with Crippen molar-refractivity contribution in [2.24, 2.45) is 16.3 Å². The molecular formula is C29H33Cl2N7O. The zero-order valence-corrected chi connectivity index (χ0v) is 24.3. The lowest BCUT2D eigenvalue weighted by Gasteiger charge is -2.31. The smallest absolute Gasteiger partial charge is 0.238 e. The first-order valence-electron chi connectivity index (χ1n) is 13.1. The maximum atomic E-state index is 9.88. The molecule has 1 aromatic heterocycles. The van der Waals surface area contributed by atoms with Gasteiger partial charge in [-0.3, -0.25) is 4.99 Å². The summed E-state index contributed by atoms with van der Waals surface area (Å²) in [7, 11) is 1.63. The Morgan fingerprint density at radius 3 is 2.59 bits per heavy atom. The van der Waals surface area contributed by atoms with E-state index in [4.69, 9.17) is 27.9 Å². The molecule has 0 bridgehead atoms. The highest BCUT2D eigenvalue weighted by molar-refractivity contribution is 6.33. The molecule has 2 aliphatic rings. The number of nitrogens with zero attached hydrogens (tertiary/aromatic N) is 5. The van der Waals surface area contributed by atoms with Crippen LogP contribution >= 0.6 is 23.2 Å². The summed E-state index contributed by atoms with van der Waals surface area (Å²) in [6.45, 7) is 9.33. The van der Waals surface area contributed by atoms with Crippen LogP contribution in [0.3, 0.4) is 0 Å². The normalized spacial score (nSPS) is 20.2. The molecule has 3 aromatic rings. The molecule has 39 heavy (non-hydrogen) atoms. The fourth-order valence-electron chi connectivity index (χ4n) is 4.84. The van der Waals surface area contributed by atoms with E-state index >= 15 is 0 Å². The minimum atomic E-state index is -0.473. The summed E-state index contributed by atoms with van der Waals surface area (Å²) in [6, 6.07) is 13.1. The van der Waals surface area contributed by atoms with Crippen LogP contribution in [0.25, 0.3) is 0 Å². The second-order valence-electron chi connectivity index (χ2n) is 11.7. The van der Waals surface area contributed by atoms with Crippen LogP contribution in [-0.4, -0.2) is 34.9 Å². The van der Waals surface area contributed by atoms with Crippen molar-refractivity contribution < 1.29 is 4.74 Å². The summed E-state index contributed by atoms with van der Waals surface area (Å²) in [5.41, 5.74) is 3.66. The van der Waals surface area contributed by atoms with E-state index in [0.717, 1.165) is 36.2 Å². The van der Waals surface area contributed by atoms with Gasteiger partial charge in [-0.05, 0) is 54.5 Å². The number of halogens is 2. The van der Waals surface area contributed by atoms with Gasteiger partial charge < -0.3 is 15.4 Å². The van der Waals surface area contributed by atoms with Gasteiger partial charge in [0.05, 0.1) is 35.5 Å². The van der Waals surface area contributed by atoms with Crippen LogP contribution < -0.4 is 15.4 Å². The highest BCUT2D eigenvalue weighted by Gasteiger charge is 2.44. The van der Waals surface area contributed by atoms with Crippen molar-refractivity contribution >= 4 is 40.8 Å². The number of nitrogens with one attached hydrogen (secondary N) is 2. The maximum Gasteiger partial charge on any atom is 0.238 e. The highest BCUT2D eigenvalue weighted by Crippen LogP contribution is 2.47. The summed E-state index contributed by atoms with van der Waals surface area (Å²) in [6.07, 6.45) is 3.70. The number of fused-ring (bicyclic) bond motifs is 1. The van der Waals surface area contributed by atoms with Crippen LogP contribution in [-0.2, 0) is 5.54 Å². The Balaban J connectivity index is 1.58. The predicted molar refractivity (Wildman–Crippen MR) is 155 cm³/mol. The standard InChI is InChI=1S/C29H33Cl2N7O/c1-28(2,3)16-34-23-17(14-32)15-33-24-20(23)12-18(13-22(24)31)35-25(19-8-6-7-9-21(19)30)26-27(39-5)38(37-36-26)29(4)10-11-29/h6-9,12-13,15,17,23,25,34-35H,10-11,16H2,1-5H3/t17?,23?,25-/m0/s1. The number of anilines is 1. The monoisotopic (exact) mass is 565 g/mol. The van der Waals surface area contributed by atoms with Crippen molar-refractivity contribution in [3.05, 3.63) is 63.3 Å². The first-order valence-corrected chi connectivity index (χ1v) is 13.8. The molecule has 204 valence electrons. The molecule has 0 amide bonds. The van der Waals surface area contributed by atoms with Gasteiger partial charge in [0.2, 0.25) is 5.88 Å². The third-order valence-electron chi connectivity index (χ3n) is 7.29. The van der Waals surface area contributed by atoms with Crippen LogP contribution in [0.2, 0.25) is 10.0 Å². The number of aliphatic imine (C=N–C) groups is 1. The second-order valence-corrected chi connectivity index (χ2v) is 12.6. The molecule has 1 aliphatic carbocycles. The summed E-state index contributed by atoms with van der Waals surface area (Å²) in [5.74, 6) is 0.167. The van der Waals surface area contributed by atoms with Crippen molar-refractivity contribution in [3.8, 4) is 11.9 Å². The first-order chi connectivity index (χ1) is 18.5. The average Bonchev–Trinajstić information content (AvgIpc) is 3.49. The van der Waals surface area contributed by atoms with Crippen LogP contribution in [0.15, 0.2) is 41.4 Å². The lowest BCUT2D eigenvalue weighted by atomic mass is 9.88. The van der Waals surface area contributed by atoms with Crippen LogP contribution in [0.5, 0.6) is 5.88 Å². The van der Waals surface area contributed by atoms with Crippen LogP contribution in [0, 0.1) is 22.7 Å². The molecule has 10 heteroatoms. The molecule has 8 nitrogen and oxygen atoms in total. The maximum absolute atomic E-state index is 9.88. The van der Waals surface area contributed by atoms with Crippen molar-refractivity contribution in [3.63, 3.8) is 0 Å². The third kappa shape index (κ3) is 5.49. The lowest BCUT2D eigenvalue weighted by molar-refractivity contribution is 0.324. The average molecular weight is 567 g/mol. The summed E-state index contributed by atoms with van der Waals surface area (Å²) in [5, 5.41) is 27.2. The van der Waals surface area contributed by atoms with E-state index in [1.165, 1.54) is 0 Å². The minimum absolute atomic E-state index is 0.0319. The topological polar surface area (TPSA) is 100 Å². The molecule has 2 heterocycles. The van der Waals surface area contributed by atoms with Gasteiger partial charge in [0.15, 0.2) is 5.69 Å². The Morgan fingerprint density at radius 1 is 1.21 bits per heavy atom. The van der Waals surface area contributed by atoms with Gasteiger partial charge in [0.1, 0.15) is 12.0 Å². The van der Waals surface area contributed by atoms with E-state index in [9.17, 15) is 5.26 Å². The number of nitriles is 1. The molecular weight excluding hydrogens is 533 g/mol. The molecule has 2 N–H and O–H groups in total. The van der Waals surface area contributed by atoms with Crippen molar-refractivity contribution in [2.75, 3.05) is 19.0 Å². The minimum Gasteiger partial charge on any atom is -0.480 e. The molecule has 2 aromatic carbocycles. The number of rotatable bonds is 8. The van der Waals surface area contributed by atoms with Gasteiger partial charge in [-0.15, -0.1) is 5.10 Å². The number of benzene rings is 2. The predicted octanol–water partition coefficient (Wildman–Crippen LogP) is 6.84. The Hall–Kier alpha value is -3.12. The van der Waals surface area contributed by atoms with E-state index in [2.05, 4.69) is 59.7 Å². The number of aromatic nitrogens is 3. The number of methoxy groups -OCH3 is 1. The second kappa shape index (κ2) is 10.5. The fraction of sp³-hybridized carbons (Fsp3) is 0.448. The first kappa shape index (κ1) is 27.4. The summed E-state index contributed by atoms with van der Waals surface area (Å²) < 4.78 is 7.72. The van der Waals surface area contributed by atoms with Crippen molar-refractivity contribution in [2.45, 2.75) is 58.2 Å². The van der Waals surface area contributed by atoms with E-state index in [-0.39, 0.29) is 17.0 Å². The molecule has 0 spiro atoms. The number of hydrogen-bond donors (Lipinski definition) is 2. The van der Waals surface area contributed by atoms with E-state index in [0.29, 0.717) is 27.3 Å². The van der Waals surface area contributed by atoms with Gasteiger partial charge in [-0.2, -0.15) is 5.26 Å². The molecule has 1 fully saturated rings. The van der Waals surface area contributed by atoms with Crippen LogP contribution in [0.1, 0.15) is 69.4 Å². The van der Waals surface area contributed by atoms with Crippen molar-refractivity contribution in [1.82, 2.24) is 20.3 Å². The van der Waals surface area contributed by atoms with Gasteiger partial charge >= 0.3 is 0 Å². The molecule has 2 unspecified atom stereocenters. The molecule has 0 saturated heterocycles. The zero-order valence-electron chi connectivity index (χ0n) is 22.8. The van der Waals surface area contributed by atoms with E-state index in [1.54, 1.807) is 13.3 Å². The third-order valence-corrected chi connectivity index (χ3v) is 7.92. The van der Waals surface area contributed by atoms with Crippen LogP contribution in [0.4, 0.5) is 11.4 Å². The van der Waals surface area contributed by atoms with Gasteiger partial charge in [-0.1, -0.05) is 67.4 Å². The molecule has 1 saturated carbocycles.